The van der Waals surface area contributed by atoms with Crippen molar-refractivity contribution in [1.82, 2.24) is 4.90 Å². The molecule has 0 saturated carbocycles. The zero-order valence-electron chi connectivity index (χ0n) is 10.9. The van der Waals surface area contributed by atoms with Crippen LogP contribution in [-0.2, 0) is 4.79 Å². The number of carbonyl (C=O) groups excluding carboxylic acids is 1. The summed E-state index contributed by atoms with van der Waals surface area (Å²) in [5.41, 5.74) is 0.581. The number of hydrogen-bond acceptors (Lipinski definition) is 4. The predicted octanol–water partition coefficient (Wildman–Crippen LogP) is 1.59. The second-order valence-electron chi connectivity index (χ2n) is 4.81. The van der Waals surface area contributed by atoms with Crippen molar-refractivity contribution in [3.63, 3.8) is 0 Å². The largest absolute Gasteiger partial charge is 0.480 e. The van der Waals surface area contributed by atoms with Gasteiger partial charge >= 0.3 is 5.97 Å². The van der Waals surface area contributed by atoms with E-state index >= 15 is 0 Å². The third-order valence-corrected chi connectivity index (χ3v) is 3.32. The summed E-state index contributed by atoms with van der Waals surface area (Å²) in [6, 6.07) is 3.25. The molecule has 1 fully saturated rings. The van der Waals surface area contributed by atoms with Crippen LogP contribution in [0.15, 0.2) is 18.2 Å². The van der Waals surface area contributed by atoms with E-state index in [9.17, 15) is 19.7 Å². The molecule has 1 atom stereocenters. The SMILES string of the molecule is Cc1cc(C(=O)N2CCCC2C(=O)O)cc([N+](=O)[O-])c1. The van der Waals surface area contributed by atoms with E-state index < -0.39 is 22.8 Å². The van der Waals surface area contributed by atoms with Gasteiger partial charge in [-0.05, 0) is 31.4 Å². The Labute approximate surface area is 115 Å². The second-order valence-corrected chi connectivity index (χ2v) is 4.81. The normalized spacial score (nSPS) is 18.1. The van der Waals surface area contributed by atoms with Crippen molar-refractivity contribution in [3.05, 3.63) is 39.4 Å². The van der Waals surface area contributed by atoms with E-state index in [1.165, 1.54) is 23.1 Å². The van der Waals surface area contributed by atoms with E-state index in [0.29, 0.717) is 24.9 Å². The van der Waals surface area contributed by atoms with Crippen LogP contribution in [0.25, 0.3) is 0 Å². The van der Waals surface area contributed by atoms with Crippen molar-refractivity contribution in [1.29, 1.82) is 0 Å². The van der Waals surface area contributed by atoms with Gasteiger partial charge in [-0.1, -0.05) is 0 Å². The van der Waals surface area contributed by atoms with Crippen LogP contribution in [0.2, 0.25) is 0 Å². The Kier molecular flexibility index (Phi) is 3.69. The quantitative estimate of drug-likeness (QED) is 0.668. The Balaban J connectivity index is 2.33. The van der Waals surface area contributed by atoms with E-state index in [0.717, 1.165) is 0 Å². The molecule has 2 rings (SSSR count). The number of aryl methyl sites for hydroxylation is 1. The van der Waals surface area contributed by atoms with Gasteiger partial charge in [0.05, 0.1) is 4.92 Å². The monoisotopic (exact) mass is 278 g/mol. The van der Waals surface area contributed by atoms with Crippen molar-refractivity contribution in [2.45, 2.75) is 25.8 Å². The lowest BCUT2D eigenvalue weighted by Crippen LogP contribution is -2.40. The number of nitro benzene ring substituents is 1. The maximum Gasteiger partial charge on any atom is 0.326 e. The van der Waals surface area contributed by atoms with Gasteiger partial charge in [0.25, 0.3) is 11.6 Å². The fourth-order valence-corrected chi connectivity index (χ4v) is 2.42. The number of carboxylic acid groups (broad SMARTS) is 1. The summed E-state index contributed by atoms with van der Waals surface area (Å²) in [6.45, 7) is 2.01. The van der Waals surface area contributed by atoms with Crippen molar-refractivity contribution in [2.24, 2.45) is 0 Å². The topological polar surface area (TPSA) is 101 Å². The molecule has 106 valence electrons. The fraction of sp³-hybridized carbons (Fsp3) is 0.385. The average molecular weight is 278 g/mol. The highest BCUT2D eigenvalue weighted by Gasteiger charge is 2.34. The third-order valence-electron chi connectivity index (χ3n) is 3.32. The molecule has 1 heterocycles. The predicted molar refractivity (Wildman–Crippen MR) is 69.5 cm³/mol. The zero-order valence-corrected chi connectivity index (χ0v) is 10.9. The lowest BCUT2D eigenvalue weighted by molar-refractivity contribution is -0.384. The number of nitro groups is 1. The van der Waals surface area contributed by atoms with Crippen LogP contribution in [0.3, 0.4) is 0 Å². The lowest BCUT2D eigenvalue weighted by atomic mass is 10.1. The number of nitrogens with zero attached hydrogens (tertiary/aromatic N) is 2. The number of amides is 1. The number of rotatable bonds is 3. The Bertz CT molecular complexity index is 584. The van der Waals surface area contributed by atoms with E-state index in [-0.39, 0.29) is 11.3 Å². The molecule has 0 aromatic heterocycles. The van der Waals surface area contributed by atoms with E-state index in [1.54, 1.807) is 6.92 Å². The molecule has 1 aromatic rings. The summed E-state index contributed by atoms with van der Waals surface area (Å²) < 4.78 is 0. The third kappa shape index (κ3) is 2.61. The molecular formula is C13H14N2O5. The second kappa shape index (κ2) is 5.28. The van der Waals surface area contributed by atoms with Crippen LogP contribution < -0.4 is 0 Å². The minimum atomic E-state index is -1.04. The zero-order chi connectivity index (χ0) is 14.9. The van der Waals surface area contributed by atoms with Gasteiger partial charge in [-0.25, -0.2) is 4.79 Å². The number of benzene rings is 1. The highest BCUT2D eigenvalue weighted by molar-refractivity contribution is 5.97. The highest BCUT2D eigenvalue weighted by atomic mass is 16.6. The number of carbonyl (C=O) groups is 2. The molecule has 0 spiro atoms. The van der Waals surface area contributed by atoms with Crippen LogP contribution in [0, 0.1) is 17.0 Å². The molecule has 7 heteroatoms. The average Bonchev–Trinajstić information content (AvgIpc) is 2.86. The first-order chi connectivity index (χ1) is 9.40. The van der Waals surface area contributed by atoms with E-state index in [2.05, 4.69) is 0 Å². The van der Waals surface area contributed by atoms with Crippen LogP contribution in [0.4, 0.5) is 5.69 Å². The summed E-state index contributed by atoms with van der Waals surface area (Å²) in [5, 5.41) is 19.9. The van der Waals surface area contributed by atoms with Crippen LogP contribution in [-0.4, -0.2) is 39.4 Å². The molecule has 0 radical (unpaired) electrons. The number of likely N-dealkylation sites (tertiary alicyclic amines) is 1. The molecular weight excluding hydrogens is 264 g/mol. The first-order valence-corrected chi connectivity index (χ1v) is 6.20. The number of aliphatic carboxylic acids is 1. The van der Waals surface area contributed by atoms with Gasteiger partial charge in [0, 0.05) is 24.2 Å². The molecule has 0 aliphatic carbocycles. The lowest BCUT2D eigenvalue weighted by Gasteiger charge is -2.21. The van der Waals surface area contributed by atoms with Crippen molar-refractivity contribution < 1.29 is 19.6 Å². The van der Waals surface area contributed by atoms with Gasteiger partial charge < -0.3 is 10.0 Å². The fourth-order valence-electron chi connectivity index (χ4n) is 2.42. The molecule has 1 aliphatic heterocycles. The smallest absolute Gasteiger partial charge is 0.326 e. The Morgan fingerprint density at radius 2 is 2.10 bits per heavy atom. The Hall–Kier alpha value is -2.44. The molecule has 0 bridgehead atoms. The van der Waals surface area contributed by atoms with Gasteiger partial charge in [0.2, 0.25) is 0 Å². The maximum atomic E-state index is 12.3. The summed E-state index contributed by atoms with van der Waals surface area (Å²) in [7, 11) is 0. The molecule has 1 amide bonds. The van der Waals surface area contributed by atoms with Gasteiger partial charge in [0.1, 0.15) is 6.04 Å². The van der Waals surface area contributed by atoms with Gasteiger partial charge in [0.15, 0.2) is 0 Å². The van der Waals surface area contributed by atoms with Crippen LogP contribution in [0.1, 0.15) is 28.8 Å². The van der Waals surface area contributed by atoms with Crippen molar-refractivity contribution in [2.75, 3.05) is 6.54 Å². The summed E-state index contributed by atoms with van der Waals surface area (Å²) >= 11 is 0. The minimum Gasteiger partial charge on any atom is -0.480 e. The Morgan fingerprint density at radius 3 is 2.70 bits per heavy atom. The van der Waals surface area contributed by atoms with Gasteiger partial charge in [-0.15, -0.1) is 0 Å². The van der Waals surface area contributed by atoms with E-state index in [4.69, 9.17) is 5.11 Å². The van der Waals surface area contributed by atoms with E-state index in [1.807, 2.05) is 0 Å². The molecule has 1 aromatic carbocycles. The summed E-state index contributed by atoms with van der Waals surface area (Å²) in [5.74, 6) is -1.51. The molecule has 1 N–H and O–H groups in total. The summed E-state index contributed by atoms with van der Waals surface area (Å²) in [4.78, 5) is 34.9. The first kappa shape index (κ1) is 14.0. The standard InChI is InChI=1S/C13H14N2O5/c1-8-5-9(7-10(6-8)15(19)20)12(16)14-4-2-3-11(14)13(17)18/h5-7,11H,2-4H2,1H3,(H,17,18). The Morgan fingerprint density at radius 1 is 1.40 bits per heavy atom. The number of carboxylic acids is 1. The summed E-state index contributed by atoms with van der Waals surface area (Å²) in [6.07, 6.45) is 1.03. The van der Waals surface area contributed by atoms with Crippen LogP contribution in [0.5, 0.6) is 0 Å². The van der Waals surface area contributed by atoms with Gasteiger partial charge in [-0.2, -0.15) is 0 Å². The molecule has 1 aliphatic rings. The minimum absolute atomic E-state index is 0.157. The molecule has 20 heavy (non-hydrogen) atoms. The van der Waals surface area contributed by atoms with Crippen LogP contribution >= 0.6 is 0 Å². The van der Waals surface area contributed by atoms with Gasteiger partial charge in [-0.3, -0.25) is 14.9 Å². The molecule has 7 nitrogen and oxygen atoms in total. The van der Waals surface area contributed by atoms with Crippen molar-refractivity contribution >= 4 is 17.6 Å². The number of non-ortho nitro benzene ring substituents is 1. The first-order valence-electron chi connectivity index (χ1n) is 6.20. The maximum absolute atomic E-state index is 12.3. The number of hydrogen-bond donors (Lipinski definition) is 1. The molecule has 1 saturated heterocycles. The molecule has 1 unspecified atom stereocenters. The highest BCUT2D eigenvalue weighted by Crippen LogP contribution is 2.23. The van der Waals surface area contributed by atoms with Crippen molar-refractivity contribution in [3.8, 4) is 0 Å².